The van der Waals surface area contributed by atoms with Gasteiger partial charge in [0.05, 0.1) is 5.41 Å². The van der Waals surface area contributed by atoms with Crippen molar-refractivity contribution in [1.82, 2.24) is 4.90 Å². The van der Waals surface area contributed by atoms with Crippen molar-refractivity contribution >= 4 is 11.9 Å². The molecule has 0 bridgehead atoms. The quantitative estimate of drug-likeness (QED) is 0.871. The van der Waals surface area contributed by atoms with Crippen LogP contribution >= 0.6 is 0 Å². The topological polar surface area (TPSA) is 76.1 Å². The van der Waals surface area contributed by atoms with Crippen molar-refractivity contribution in [3.8, 4) is 11.5 Å². The van der Waals surface area contributed by atoms with Crippen LogP contribution in [0.25, 0.3) is 0 Å². The highest BCUT2D eigenvalue weighted by Gasteiger charge is 2.46. The molecule has 1 saturated carbocycles. The van der Waals surface area contributed by atoms with E-state index >= 15 is 0 Å². The van der Waals surface area contributed by atoms with E-state index in [2.05, 4.69) is 0 Å². The van der Waals surface area contributed by atoms with Gasteiger partial charge >= 0.3 is 5.97 Å². The number of rotatable bonds is 6. The van der Waals surface area contributed by atoms with Gasteiger partial charge in [-0.2, -0.15) is 0 Å². The predicted octanol–water partition coefficient (Wildman–Crippen LogP) is 2.41. The van der Waals surface area contributed by atoms with Crippen LogP contribution in [0.4, 0.5) is 0 Å². The van der Waals surface area contributed by atoms with Crippen molar-refractivity contribution in [2.45, 2.75) is 39.2 Å². The van der Waals surface area contributed by atoms with E-state index < -0.39 is 11.4 Å². The number of ether oxygens (including phenoxy) is 2. The van der Waals surface area contributed by atoms with Crippen molar-refractivity contribution in [2.24, 2.45) is 5.41 Å². The zero-order valence-corrected chi connectivity index (χ0v) is 13.2. The van der Waals surface area contributed by atoms with Gasteiger partial charge in [-0.15, -0.1) is 0 Å². The molecule has 6 nitrogen and oxygen atoms in total. The van der Waals surface area contributed by atoms with E-state index in [9.17, 15) is 14.7 Å². The average molecular weight is 319 g/mol. The number of benzene rings is 1. The normalized spacial score (nSPS) is 17.4. The Morgan fingerprint density at radius 3 is 2.61 bits per heavy atom. The fourth-order valence-corrected chi connectivity index (χ4v) is 3.11. The molecule has 0 unspecified atom stereocenters. The summed E-state index contributed by atoms with van der Waals surface area (Å²) in [6.07, 6.45) is 2.15. The number of hydrogen-bond donors (Lipinski definition) is 1. The number of hydrogen-bond acceptors (Lipinski definition) is 4. The van der Waals surface area contributed by atoms with Gasteiger partial charge in [0, 0.05) is 19.5 Å². The molecule has 23 heavy (non-hydrogen) atoms. The Kier molecular flexibility index (Phi) is 4.15. The molecule has 0 atom stereocenters. The van der Waals surface area contributed by atoms with Crippen LogP contribution < -0.4 is 9.47 Å². The highest BCUT2D eigenvalue weighted by atomic mass is 16.7. The molecule has 1 N–H and O–H groups in total. The van der Waals surface area contributed by atoms with E-state index in [4.69, 9.17) is 9.47 Å². The van der Waals surface area contributed by atoms with Gasteiger partial charge in [-0.05, 0) is 37.5 Å². The summed E-state index contributed by atoms with van der Waals surface area (Å²) in [7, 11) is 0. The van der Waals surface area contributed by atoms with Gasteiger partial charge in [0.25, 0.3) is 0 Å². The molecule has 6 heteroatoms. The van der Waals surface area contributed by atoms with Crippen molar-refractivity contribution < 1.29 is 24.2 Å². The number of amides is 1. The van der Waals surface area contributed by atoms with Crippen LogP contribution in [0.15, 0.2) is 18.2 Å². The number of fused-ring (bicyclic) bond motifs is 1. The Morgan fingerprint density at radius 2 is 2.00 bits per heavy atom. The Hall–Kier alpha value is -2.24. The highest BCUT2D eigenvalue weighted by molar-refractivity contribution is 5.85. The monoisotopic (exact) mass is 319 g/mol. The first-order valence-electron chi connectivity index (χ1n) is 7.94. The predicted molar refractivity (Wildman–Crippen MR) is 82.2 cm³/mol. The summed E-state index contributed by atoms with van der Waals surface area (Å²) in [5.74, 6) is 0.443. The molecule has 1 amide bonds. The first-order chi connectivity index (χ1) is 11.0. The van der Waals surface area contributed by atoms with Gasteiger partial charge in [-0.1, -0.05) is 12.5 Å². The molecule has 2 aliphatic rings. The second-order valence-electron chi connectivity index (χ2n) is 6.21. The summed E-state index contributed by atoms with van der Waals surface area (Å²) in [5.41, 5.74) is 0.0989. The molecular weight excluding hydrogens is 298 g/mol. The molecule has 0 aromatic heterocycles. The maximum Gasteiger partial charge on any atom is 0.310 e. The van der Waals surface area contributed by atoms with Gasteiger partial charge < -0.3 is 19.5 Å². The molecule has 1 heterocycles. The van der Waals surface area contributed by atoms with Gasteiger partial charge in [-0.3, -0.25) is 9.59 Å². The first-order valence-corrected chi connectivity index (χ1v) is 7.94. The van der Waals surface area contributed by atoms with Crippen LogP contribution in [-0.2, 0) is 16.1 Å². The average Bonchev–Trinajstić information content (AvgIpc) is 2.95. The SMILES string of the molecule is CCN(Cc1ccc2c(c1)OCO2)C(=O)CC1(C(=O)O)CCC1. The smallest absolute Gasteiger partial charge is 0.310 e. The molecule has 0 saturated heterocycles. The van der Waals surface area contributed by atoms with Crippen LogP contribution in [-0.4, -0.2) is 35.2 Å². The molecule has 0 spiro atoms. The molecular formula is C17H21NO5. The number of carbonyl (C=O) groups excluding carboxylic acids is 1. The summed E-state index contributed by atoms with van der Waals surface area (Å²) >= 11 is 0. The molecule has 1 aliphatic carbocycles. The molecule has 3 rings (SSSR count). The summed E-state index contributed by atoms with van der Waals surface area (Å²) in [6, 6.07) is 5.61. The second-order valence-corrected chi connectivity index (χ2v) is 6.21. The molecule has 1 aromatic carbocycles. The molecule has 124 valence electrons. The van der Waals surface area contributed by atoms with Crippen LogP contribution in [0.5, 0.6) is 11.5 Å². The van der Waals surface area contributed by atoms with Gasteiger partial charge in [0.1, 0.15) is 0 Å². The summed E-state index contributed by atoms with van der Waals surface area (Å²) in [5, 5.41) is 9.38. The van der Waals surface area contributed by atoms with E-state index in [0.717, 1.165) is 12.0 Å². The van der Waals surface area contributed by atoms with Crippen molar-refractivity contribution in [1.29, 1.82) is 0 Å². The lowest BCUT2D eigenvalue weighted by Gasteiger charge is -2.38. The second kappa shape index (κ2) is 6.10. The molecule has 1 aromatic rings. The number of carboxylic acids is 1. The van der Waals surface area contributed by atoms with Gasteiger partial charge in [0.2, 0.25) is 12.7 Å². The van der Waals surface area contributed by atoms with Crippen molar-refractivity contribution in [3.05, 3.63) is 23.8 Å². The standard InChI is InChI=1S/C17H21NO5/c1-2-18(15(19)9-17(16(20)21)6-3-7-17)10-12-4-5-13-14(8-12)23-11-22-13/h4-5,8H,2-3,6-7,9-11H2,1H3,(H,20,21). The van der Waals surface area contributed by atoms with Crippen molar-refractivity contribution in [2.75, 3.05) is 13.3 Å². The largest absolute Gasteiger partial charge is 0.481 e. The Balaban J connectivity index is 1.67. The Morgan fingerprint density at radius 1 is 1.26 bits per heavy atom. The lowest BCUT2D eigenvalue weighted by atomic mass is 9.66. The van der Waals surface area contributed by atoms with Crippen LogP contribution in [0, 0.1) is 5.41 Å². The summed E-state index contributed by atoms with van der Waals surface area (Å²) in [4.78, 5) is 25.7. The maximum atomic E-state index is 12.5. The maximum absolute atomic E-state index is 12.5. The lowest BCUT2D eigenvalue weighted by Crippen LogP contribution is -2.43. The number of aliphatic carboxylic acids is 1. The molecule has 1 aliphatic heterocycles. The lowest BCUT2D eigenvalue weighted by molar-refractivity contribution is -0.159. The first kappa shape index (κ1) is 15.6. The zero-order valence-electron chi connectivity index (χ0n) is 13.2. The minimum Gasteiger partial charge on any atom is -0.481 e. The van der Waals surface area contributed by atoms with E-state index in [0.29, 0.717) is 37.4 Å². The third kappa shape index (κ3) is 2.98. The van der Waals surface area contributed by atoms with Crippen LogP contribution in [0.1, 0.15) is 38.2 Å². The highest BCUT2D eigenvalue weighted by Crippen LogP contribution is 2.44. The zero-order chi connectivity index (χ0) is 16.4. The van der Waals surface area contributed by atoms with Gasteiger partial charge in [-0.25, -0.2) is 0 Å². The van der Waals surface area contributed by atoms with Crippen LogP contribution in [0.3, 0.4) is 0 Å². The number of nitrogens with zero attached hydrogens (tertiary/aromatic N) is 1. The van der Waals surface area contributed by atoms with E-state index in [1.54, 1.807) is 4.90 Å². The summed E-state index contributed by atoms with van der Waals surface area (Å²) < 4.78 is 10.6. The molecule has 1 fully saturated rings. The third-order valence-corrected chi connectivity index (χ3v) is 4.80. The minimum atomic E-state index is -0.851. The fourth-order valence-electron chi connectivity index (χ4n) is 3.11. The fraction of sp³-hybridized carbons (Fsp3) is 0.529. The Labute approximate surface area is 135 Å². The minimum absolute atomic E-state index is 0.0841. The van der Waals surface area contributed by atoms with E-state index in [1.807, 2.05) is 25.1 Å². The third-order valence-electron chi connectivity index (χ3n) is 4.80. The number of carboxylic acid groups (broad SMARTS) is 1. The van der Waals surface area contributed by atoms with E-state index in [1.165, 1.54) is 0 Å². The van der Waals surface area contributed by atoms with E-state index in [-0.39, 0.29) is 19.1 Å². The van der Waals surface area contributed by atoms with Crippen LogP contribution in [0.2, 0.25) is 0 Å². The van der Waals surface area contributed by atoms with Gasteiger partial charge in [0.15, 0.2) is 11.5 Å². The van der Waals surface area contributed by atoms with Crippen molar-refractivity contribution in [3.63, 3.8) is 0 Å². The summed E-state index contributed by atoms with van der Waals surface area (Å²) in [6.45, 7) is 3.11. The Bertz CT molecular complexity index is 623. The number of carbonyl (C=O) groups is 2. The molecule has 0 radical (unpaired) electrons.